The van der Waals surface area contributed by atoms with Crippen molar-refractivity contribution in [1.82, 2.24) is 5.16 Å². The number of aryl methyl sites for hydroxylation is 1. The largest absolute Gasteiger partial charge is 0.449 e. The highest BCUT2D eigenvalue weighted by atomic mass is 32.1. The molecule has 0 bridgehead atoms. The summed E-state index contributed by atoms with van der Waals surface area (Å²) in [6.07, 6.45) is 2.02. The molecular weight excluding hydrogens is 364 g/mol. The third kappa shape index (κ3) is 5.15. The number of benzene rings is 1. The van der Waals surface area contributed by atoms with Crippen molar-refractivity contribution < 1.29 is 18.8 Å². The summed E-state index contributed by atoms with van der Waals surface area (Å²) < 4.78 is 10.0. The topological polar surface area (TPSA) is 81.4 Å². The van der Waals surface area contributed by atoms with Gasteiger partial charge in [-0.2, -0.15) is 0 Å². The molecule has 0 aliphatic rings. The number of hydrogen-bond acceptors (Lipinski definition) is 6. The number of thiophene rings is 1. The fraction of sp³-hybridized carbons (Fsp3) is 0.150. The summed E-state index contributed by atoms with van der Waals surface area (Å²) in [6, 6.07) is 15.5. The van der Waals surface area contributed by atoms with Crippen molar-refractivity contribution in [2.24, 2.45) is 0 Å². The first-order chi connectivity index (χ1) is 13.0. The van der Waals surface area contributed by atoms with Gasteiger partial charge in [0.25, 0.3) is 5.91 Å². The maximum atomic E-state index is 12.0. The lowest BCUT2D eigenvalue weighted by Crippen LogP contribution is -2.29. The number of hydrogen-bond donors (Lipinski definition) is 1. The Morgan fingerprint density at radius 3 is 2.70 bits per heavy atom. The molecule has 1 amide bonds. The highest BCUT2D eigenvalue weighted by molar-refractivity contribution is 7.16. The van der Waals surface area contributed by atoms with Crippen molar-refractivity contribution in [2.75, 3.05) is 5.32 Å². The SMILES string of the molecule is Cc1cc(NC(=O)C(C)OC(=O)/C=C/c2ccc(-c3ccccc3)s2)on1. The molecule has 3 rings (SSSR count). The van der Waals surface area contributed by atoms with Gasteiger partial charge < -0.3 is 9.26 Å². The molecule has 138 valence electrons. The van der Waals surface area contributed by atoms with Crippen LogP contribution >= 0.6 is 11.3 Å². The Kier molecular flexibility index (Phi) is 5.83. The van der Waals surface area contributed by atoms with Gasteiger partial charge in [0.2, 0.25) is 5.88 Å². The van der Waals surface area contributed by atoms with Gasteiger partial charge in [0.15, 0.2) is 6.10 Å². The van der Waals surface area contributed by atoms with Gasteiger partial charge in [-0.25, -0.2) is 4.79 Å². The second-order valence-corrected chi connectivity index (χ2v) is 6.92. The minimum absolute atomic E-state index is 0.211. The highest BCUT2D eigenvalue weighted by Gasteiger charge is 2.18. The van der Waals surface area contributed by atoms with E-state index in [9.17, 15) is 9.59 Å². The van der Waals surface area contributed by atoms with Crippen LogP contribution in [0.25, 0.3) is 16.5 Å². The Bertz CT molecular complexity index is 959. The summed E-state index contributed by atoms with van der Waals surface area (Å²) in [5.41, 5.74) is 1.77. The molecular formula is C20H18N2O4S. The molecule has 27 heavy (non-hydrogen) atoms. The molecule has 3 aromatic rings. The smallest absolute Gasteiger partial charge is 0.331 e. The van der Waals surface area contributed by atoms with Gasteiger partial charge >= 0.3 is 5.97 Å². The van der Waals surface area contributed by atoms with E-state index in [-0.39, 0.29) is 5.88 Å². The number of carbonyl (C=O) groups is 2. The fourth-order valence-corrected chi connectivity index (χ4v) is 3.18. The monoisotopic (exact) mass is 382 g/mol. The number of carbonyl (C=O) groups excluding carboxylic acids is 2. The van der Waals surface area contributed by atoms with E-state index in [2.05, 4.69) is 10.5 Å². The Balaban J connectivity index is 1.54. The molecule has 1 aromatic carbocycles. The number of amides is 1. The molecule has 0 spiro atoms. The minimum Gasteiger partial charge on any atom is -0.449 e. The average molecular weight is 382 g/mol. The zero-order valence-corrected chi connectivity index (χ0v) is 15.7. The van der Waals surface area contributed by atoms with Crippen LogP contribution in [0.3, 0.4) is 0 Å². The number of aromatic nitrogens is 1. The summed E-state index contributed by atoms with van der Waals surface area (Å²) in [7, 11) is 0. The van der Waals surface area contributed by atoms with Crippen LogP contribution in [-0.2, 0) is 14.3 Å². The molecule has 0 aliphatic heterocycles. The predicted molar refractivity (Wildman–Crippen MR) is 104 cm³/mol. The number of rotatable bonds is 6. The summed E-state index contributed by atoms with van der Waals surface area (Å²) in [5.74, 6) is -0.876. The third-order valence-corrected chi connectivity index (χ3v) is 4.70. The molecule has 2 heterocycles. The first-order valence-electron chi connectivity index (χ1n) is 8.29. The minimum atomic E-state index is -0.962. The van der Waals surface area contributed by atoms with Crippen LogP contribution in [-0.4, -0.2) is 23.1 Å². The molecule has 7 heteroatoms. The van der Waals surface area contributed by atoms with Crippen molar-refractivity contribution in [2.45, 2.75) is 20.0 Å². The summed E-state index contributed by atoms with van der Waals surface area (Å²) >= 11 is 1.56. The molecule has 1 unspecified atom stereocenters. The standard InChI is InChI=1S/C20H18N2O4S/c1-13-12-18(26-22-13)21-20(24)14(2)25-19(23)11-9-16-8-10-17(27-16)15-6-4-3-5-7-15/h3-12,14H,1-2H3,(H,21,24)/b11-9+. The van der Waals surface area contributed by atoms with Gasteiger partial charge in [-0.1, -0.05) is 35.5 Å². The fourth-order valence-electron chi connectivity index (χ4n) is 2.26. The number of anilines is 1. The van der Waals surface area contributed by atoms with Crippen molar-refractivity contribution in [1.29, 1.82) is 0 Å². The molecule has 1 N–H and O–H groups in total. The van der Waals surface area contributed by atoms with Crippen LogP contribution in [0.4, 0.5) is 5.88 Å². The molecule has 0 aliphatic carbocycles. The molecule has 0 saturated carbocycles. The first-order valence-corrected chi connectivity index (χ1v) is 9.11. The van der Waals surface area contributed by atoms with Gasteiger partial charge in [0, 0.05) is 21.9 Å². The Hall–Kier alpha value is -3.19. The zero-order chi connectivity index (χ0) is 19.2. The van der Waals surface area contributed by atoms with Gasteiger partial charge in [-0.05, 0) is 37.6 Å². The molecule has 0 radical (unpaired) electrons. The van der Waals surface area contributed by atoms with E-state index in [0.717, 1.165) is 15.3 Å². The van der Waals surface area contributed by atoms with Gasteiger partial charge in [0.1, 0.15) is 0 Å². The highest BCUT2D eigenvalue weighted by Crippen LogP contribution is 2.28. The van der Waals surface area contributed by atoms with E-state index >= 15 is 0 Å². The lowest BCUT2D eigenvalue weighted by atomic mass is 10.2. The van der Waals surface area contributed by atoms with E-state index in [0.29, 0.717) is 5.69 Å². The van der Waals surface area contributed by atoms with E-state index in [1.54, 1.807) is 30.4 Å². The van der Waals surface area contributed by atoms with E-state index in [4.69, 9.17) is 9.26 Å². The Labute approximate surface area is 160 Å². The quantitative estimate of drug-likeness (QED) is 0.508. The van der Waals surface area contributed by atoms with Crippen LogP contribution in [0.1, 0.15) is 17.5 Å². The van der Waals surface area contributed by atoms with Gasteiger partial charge in [-0.3, -0.25) is 10.1 Å². The van der Waals surface area contributed by atoms with Gasteiger partial charge in [-0.15, -0.1) is 11.3 Å². The molecule has 0 fully saturated rings. The number of esters is 1. The van der Waals surface area contributed by atoms with E-state index < -0.39 is 18.0 Å². The maximum Gasteiger partial charge on any atom is 0.331 e. The normalized spacial score (nSPS) is 12.1. The first kappa shape index (κ1) is 18.6. The zero-order valence-electron chi connectivity index (χ0n) is 14.8. The molecule has 0 saturated heterocycles. The molecule has 1 atom stereocenters. The van der Waals surface area contributed by atoms with Crippen LogP contribution in [0.5, 0.6) is 0 Å². The van der Waals surface area contributed by atoms with Crippen LogP contribution in [0, 0.1) is 6.92 Å². The Morgan fingerprint density at radius 1 is 1.22 bits per heavy atom. The van der Waals surface area contributed by atoms with Crippen molar-refractivity contribution in [3.8, 4) is 10.4 Å². The van der Waals surface area contributed by atoms with E-state index in [1.807, 2.05) is 42.5 Å². The van der Waals surface area contributed by atoms with Crippen LogP contribution in [0.2, 0.25) is 0 Å². The lowest BCUT2D eigenvalue weighted by Gasteiger charge is -2.10. The second-order valence-electron chi connectivity index (χ2n) is 5.80. The van der Waals surface area contributed by atoms with Gasteiger partial charge in [0.05, 0.1) is 5.69 Å². The lowest BCUT2D eigenvalue weighted by molar-refractivity contribution is -0.148. The Morgan fingerprint density at radius 2 is 2.00 bits per heavy atom. The number of nitrogens with one attached hydrogen (secondary N) is 1. The number of ether oxygens (including phenoxy) is 1. The molecule has 2 aromatic heterocycles. The summed E-state index contributed by atoms with van der Waals surface area (Å²) in [4.78, 5) is 26.0. The van der Waals surface area contributed by atoms with E-state index in [1.165, 1.54) is 13.0 Å². The van der Waals surface area contributed by atoms with Crippen molar-refractivity contribution in [3.63, 3.8) is 0 Å². The summed E-state index contributed by atoms with van der Waals surface area (Å²) in [6.45, 7) is 3.23. The van der Waals surface area contributed by atoms with Crippen LogP contribution in [0.15, 0.2) is 59.1 Å². The van der Waals surface area contributed by atoms with Crippen molar-refractivity contribution >= 4 is 35.2 Å². The number of nitrogens with zero attached hydrogens (tertiary/aromatic N) is 1. The predicted octanol–water partition coefficient (Wildman–Crippen LogP) is 4.30. The summed E-state index contributed by atoms with van der Waals surface area (Å²) in [5, 5.41) is 6.17. The molecule has 6 nitrogen and oxygen atoms in total. The third-order valence-electron chi connectivity index (χ3n) is 3.61. The van der Waals surface area contributed by atoms with Crippen molar-refractivity contribution in [3.05, 3.63) is 65.2 Å². The average Bonchev–Trinajstić information content (AvgIpc) is 3.29. The maximum absolute atomic E-state index is 12.0. The second kappa shape index (κ2) is 8.46. The van der Waals surface area contributed by atoms with Crippen LogP contribution < -0.4 is 5.32 Å².